The molecule has 1 unspecified atom stereocenters. The molecule has 2 aromatic rings. The molecule has 13 heteroatoms. The lowest BCUT2D eigenvalue weighted by molar-refractivity contribution is -0.121. The number of esters is 1. The summed E-state index contributed by atoms with van der Waals surface area (Å²) in [5.41, 5.74) is -1.03. The van der Waals surface area contributed by atoms with Crippen molar-refractivity contribution in [3.8, 4) is 5.75 Å². The van der Waals surface area contributed by atoms with Crippen LogP contribution in [-0.4, -0.2) is 30.2 Å². The van der Waals surface area contributed by atoms with Crippen LogP contribution in [0.2, 0.25) is 0 Å². The van der Waals surface area contributed by atoms with E-state index in [1.54, 1.807) is 0 Å². The maximum absolute atomic E-state index is 14.5. The van der Waals surface area contributed by atoms with E-state index >= 15 is 0 Å². The van der Waals surface area contributed by atoms with Crippen molar-refractivity contribution in [3.63, 3.8) is 0 Å². The Bertz CT molecular complexity index is 1110. The molecule has 0 radical (unpaired) electrons. The van der Waals surface area contributed by atoms with Gasteiger partial charge in [-0.2, -0.15) is 8.78 Å². The second kappa shape index (κ2) is 8.40. The minimum atomic E-state index is -2.46. The van der Waals surface area contributed by atoms with Crippen LogP contribution in [0, 0.1) is 34.9 Å². The first-order valence-corrected chi connectivity index (χ1v) is 8.74. The van der Waals surface area contributed by atoms with Gasteiger partial charge in [0.2, 0.25) is 40.7 Å². The number of cyclic esters (lactones) is 1. The number of benzene rings is 2. The largest absolute Gasteiger partial charge is 0.423 e. The van der Waals surface area contributed by atoms with E-state index in [9.17, 15) is 40.7 Å². The van der Waals surface area contributed by atoms with Crippen molar-refractivity contribution < 1.29 is 50.2 Å². The molecule has 0 bridgehead atoms. The summed E-state index contributed by atoms with van der Waals surface area (Å²) in [4.78, 5) is 36.3. The van der Waals surface area contributed by atoms with E-state index in [0.29, 0.717) is 6.07 Å². The van der Waals surface area contributed by atoms with Gasteiger partial charge in [-0.3, -0.25) is 9.69 Å². The number of anilines is 1. The Morgan fingerprint density at radius 1 is 1.00 bits per heavy atom. The summed E-state index contributed by atoms with van der Waals surface area (Å²) in [6.07, 6.45) is -1.98. The first-order valence-electron chi connectivity index (χ1n) is 8.74. The molecule has 2 amide bonds. The average molecular weight is 462 g/mol. The number of carbonyl (C=O) groups excluding carboxylic acids is 3. The van der Waals surface area contributed by atoms with Gasteiger partial charge in [0.05, 0.1) is 17.3 Å². The van der Waals surface area contributed by atoms with Crippen LogP contribution < -0.4 is 15.0 Å². The third-order valence-corrected chi connectivity index (χ3v) is 4.43. The van der Waals surface area contributed by atoms with Gasteiger partial charge in [-0.1, -0.05) is 0 Å². The minimum Gasteiger partial charge on any atom is -0.423 e. The van der Waals surface area contributed by atoms with Crippen molar-refractivity contribution in [1.82, 2.24) is 5.32 Å². The third-order valence-electron chi connectivity index (χ3n) is 4.43. The SMILES string of the molecule is CC(=O)N[C@H]1OC(=O)N(c2ccc(C(=O)Oc3c(F)c(F)c(F)c(F)c3F)c(F)c2)C1C. The molecule has 0 spiro atoms. The van der Waals surface area contributed by atoms with Crippen molar-refractivity contribution in [2.45, 2.75) is 26.1 Å². The predicted octanol–water partition coefficient (Wildman–Crippen LogP) is 3.55. The fourth-order valence-electron chi connectivity index (χ4n) is 2.90. The van der Waals surface area contributed by atoms with Gasteiger partial charge in [0.25, 0.3) is 0 Å². The quantitative estimate of drug-likeness (QED) is 0.247. The number of amides is 2. The molecule has 3 rings (SSSR count). The Morgan fingerprint density at radius 3 is 2.09 bits per heavy atom. The summed E-state index contributed by atoms with van der Waals surface area (Å²) in [7, 11) is 0. The summed E-state index contributed by atoms with van der Waals surface area (Å²) in [5.74, 6) is -17.5. The molecule has 1 fully saturated rings. The van der Waals surface area contributed by atoms with Crippen molar-refractivity contribution in [1.29, 1.82) is 0 Å². The number of hydrogen-bond donors (Lipinski definition) is 1. The Balaban J connectivity index is 1.87. The Kier molecular flexibility index (Phi) is 6.01. The molecule has 170 valence electrons. The van der Waals surface area contributed by atoms with Gasteiger partial charge in [-0.15, -0.1) is 0 Å². The fourth-order valence-corrected chi connectivity index (χ4v) is 2.90. The van der Waals surface area contributed by atoms with Gasteiger partial charge in [0.1, 0.15) is 5.82 Å². The molecule has 1 aliphatic rings. The summed E-state index contributed by atoms with van der Waals surface area (Å²) >= 11 is 0. The van der Waals surface area contributed by atoms with E-state index in [1.807, 2.05) is 0 Å². The molecule has 0 aliphatic carbocycles. The molecule has 0 saturated carbocycles. The molecule has 1 heterocycles. The monoisotopic (exact) mass is 462 g/mol. The van der Waals surface area contributed by atoms with E-state index in [1.165, 1.54) is 13.8 Å². The average Bonchev–Trinajstić information content (AvgIpc) is 3.00. The van der Waals surface area contributed by atoms with Gasteiger partial charge in [-0.25, -0.2) is 27.2 Å². The molecule has 0 aromatic heterocycles. The topological polar surface area (TPSA) is 84.9 Å². The summed E-state index contributed by atoms with van der Waals surface area (Å²) < 4.78 is 90.6. The highest BCUT2D eigenvalue weighted by Crippen LogP contribution is 2.31. The van der Waals surface area contributed by atoms with E-state index in [0.717, 1.165) is 17.0 Å². The van der Waals surface area contributed by atoms with Crippen molar-refractivity contribution >= 4 is 23.7 Å². The van der Waals surface area contributed by atoms with Crippen molar-refractivity contribution in [3.05, 3.63) is 58.7 Å². The summed E-state index contributed by atoms with van der Waals surface area (Å²) in [6, 6.07) is 1.72. The number of nitrogens with one attached hydrogen (secondary N) is 1. The van der Waals surface area contributed by atoms with Crippen LogP contribution in [0.3, 0.4) is 0 Å². The number of ether oxygens (including phenoxy) is 2. The lowest BCUT2D eigenvalue weighted by Crippen LogP contribution is -2.43. The van der Waals surface area contributed by atoms with Gasteiger partial charge in [0, 0.05) is 6.92 Å². The maximum atomic E-state index is 14.5. The van der Waals surface area contributed by atoms with E-state index in [2.05, 4.69) is 10.1 Å². The fraction of sp³-hybridized carbons (Fsp3) is 0.211. The van der Waals surface area contributed by atoms with Crippen LogP contribution in [0.25, 0.3) is 0 Å². The second-order valence-corrected chi connectivity index (χ2v) is 6.57. The van der Waals surface area contributed by atoms with Crippen LogP contribution in [0.1, 0.15) is 24.2 Å². The molecule has 2 aromatic carbocycles. The van der Waals surface area contributed by atoms with Gasteiger partial charge < -0.3 is 14.8 Å². The lowest BCUT2D eigenvalue weighted by Gasteiger charge is -2.21. The van der Waals surface area contributed by atoms with Crippen molar-refractivity contribution in [2.75, 3.05) is 4.90 Å². The zero-order chi connectivity index (χ0) is 23.9. The zero-order valence-electron chi connectivity index (χ0n) is 16.1. The van der Waals surface area contributed by atoms with E-state index in [-0.39, 0.29) is 5.69 Å². The highest BCUT2D eigenvalue weighted by molar-refractivity contribution is 5.94. The summed E-state index contributed by atoms with van der Waals surface area (Å²) in [5, 5.41) is 2.37. The number of hydrogen-bond acceptors (Lipinski definition) is 5. The molecule has 32 heavy (non-hydrogen) atoms. The maximum Gasteiger partial charge on any atom is 0.416 e. The molecule has 1 saturated heterocycles. The first-order chi connectivity index (χ1) is 14.9. The van der Waals surface area contributed by atoms with Gasteiger partial charge >= 0.3 is 12.1 Å². The highest BCUT2D eigenvalue weighted by atomic mass is 19.2. The molecular weight excluding hydrogens is 450 g/mol. The van der Waals surface area contributed by atoms with Crippen LogP contribution in [-0.2, 0) is 9.53 Å². The number of nitrogens with zero attached hydrogens (tertiary/aromatic N) is 1. The van der Waals surface area contributed by atoms with Gasteiger partial charge in [-0.05, 0) is 25.1 Å². The lowest BCUT2D eigenvalue weighted by atomic mass is 10.1. The third kappa shape index (κ3) is 3.92. The Hall–Kier alpha value is -3.77. The minimum absolute atomic E-state index is 0.111. The summed E-state index contributed by atoms with van der Waals surface area (Å²) in [6.45, 7) is 2.67. The molecule has 2 atom stereocenters. The number of carbonyl (C=O) groups is 3. The number of halogens is 6. The zero-order valence-corrected chi connectivity index (χ0v) is 16.1. The Labute approximate surface area is 175 Å². The van der Waals surface area contributed by atoms with Crippen LogP contribution in [0.4, 0.5) is 36.8 Å². The highest BCUT2D eigenvalue weighted by Gasteiger charge is 2.40. The normalized spacial score (nSPS) is 17.9. The first kappa shape index (κ1) is 22.9. The van der Waals surface area contributed by atoms with E-state index in [4.69, 9.17) is 4.74 Å². The van der Waals surface area contributed by atoms with Crippen molar-refractivity contribution in [2.24, 2.45) is 0 Å². The molecule has 1 N–H and O–H groups in total. The standard InChI is InChI=1S/C19H12F6N2O5/c1-6-17(26-7(2)28)32-19(30)27(6)8-3-4-9(10(20)5-8)18(29)31-16-14(24)12(22)11(21)13(23)15(16)25/h3-6,17H,1-2H3,(H,26,28)/t6?,17-/m0/s1. The van der Waals surface area contributed by atoms with Gasteiger partial charge in [0.15, 0.2) is 6.23 Å². The Morgan fingerprint density at radius 2 is 1.56 bits per heavy atom. The van der Waals surface area contributed by atoms with Crippen LogP contribution >= 0.6 is 0 Å². The predicted molar refractivity (Wildman–Crippen MR) is 93.6 cm³/mol. The van der Waals surface area contributed by atoms with E-state index < -0.39 is 76.5 Å². The van der Waals surface area contributed by atoms with Crippen LogP contribution in [0.15, 0.2) is 18.2 Å². The number of rotatable bonds is 4. The van der Waals surface area contributed by atoms with Crippen LogP contribution in [0.5, 0.6) is 5.75 Å². The molecule has 1 aliphatic heterocycles. The molecule has 7 nitrogen and oxygen atoms in total. The molecular formula is C19H12F6N2O5. The smallest absolute Gasteiger partial charge is 0.416 e. The second-order valence-electron chi connectivity index (χ2n) is 6.57.